The Bertz CT molecular complexity index is 563. The zero-order valence-electron chi connectivity index (χ0n) is 11.6. The second kappa shape index (κ2) is 5.14. The minimum Gasteiger partial charge on any atom is -0.303 e. The van der Waals surface area contributed by atoms with Gasteiger partial charge in [-0.3, -0.25) is 4.98 Å². The largest absolute Gasteiger partial charge is 0.303 e. The molecule has 0 spiro atoms. The lowest BCUT2D eigenvalue weighted by molar-refractivity contribution is 0.464. The van der Waals surface area contributed by atoms with Gasteiger partial charge in [-0.25, -0.2) is 0 Å². The van der Waals surface area contributed by atoms with E-state index in [0.717, 1.165) is 0 Å². The lowest BCUT2D eigenvalue weighted by Crippen LogP contribution is -2.23. The van der Waals surface area contributed by atoms with Crippen LogP contribution in [-0.4, -0.2) is 4.98 Å². The van der Waals surface area contributed by atoms with Crippen LogP contribution in [0.15, 0.2) is 42.7 Å². The first-order valence-corrected chi connectivity index (χ1v) is 6.99. The van der Waals surface area contributed by atoms with E-state index in [-0.39, 0.29) is 0 Å². The second-order valence-corrected chi connectivity index (χ2v) is 5.46. The molecule has 0 amide bonds. The van der Waals surface area contributed by atoms with Crippen molar-refractivity contribution in [3.63, 3.8) is 0 Å². The smallest absolute Gasteiger partial charge is 0.0331 e. The average Bonchev–Trinajstić information content (AvgIpc) is 2.82. The van der Waals surface area contributed by atoms with Gasteiger partial charge in [0.25, 0.3) is 0 Å². The quantitative estimate of drug-likeness (QED) is 0.900. The van der Waals surface area contributed by atoms with Crippen molar-refractivity contribution in [2.45, 2.75) is 38.8 Å². The fourth-order valence-corrected chi connectivity index (χ4v) is 2.94. The molecule has 2 nitrogen and oxygen atoms in total. The van der Waals surface area contributed by atoms with Crippen molar-refractivity contribution < 1.29 is 0 Å². The second-order valence-electron chi connectivity index (χ2n) is 5.46. The van der Waals surface area contributed by atoms with E-state index < -0.39 is 0 Å². The van der Waals surface area contributed by atoms with E-state index >= 15 is 0 Å². The highest BCUT2D eigenvalue weighted by Crippen LogP contribution is 2.33. The van der Waals surface area contributed by atoms with Crippen LogP contribution in [0.2, 0.25) is 0 Å². The molecular weight excluding hydrogens is 232 g/mol. The molecule has 0 aliphatic heterocycles. The molecule has 1 aliphatic rings. The lowest BCUT2D eigenvalue weighted by Gasteiger charge is -2.21. The van der Waals surface area contributed by atoms with Crippen molar-refractivity contribution in [2.24, 2.45) is 0 Å². The van der Waals surface area contributed by atoms with E-state index in [1.165, 1.54) is 35.1 Å². The van der Waals surface area contributed by atoms with Crippen LogP contribution in [0, 0.1) is 6.92 Å². The Kier molecular flexibility index (Phi) is 3.34. The van der Waals surface area contributed by atoms with Crippen LogP contribution >= 0.6 is 0 Å². The zero-order chi connectivity index (χ0) is 13.2. The number of aryl methyl sites for hydroxylation is 2. The van der Waals surface area contributed by atoms with Crippen molar-refractivity contribution >= 4 is 0 Å². The van der Waals surface area contributed by atoms with E-state index in [2.05, 4.69) is 54.5 Å². The maximum atomic E-state index is 4.08. The summed E-state index contributed by atoms with van der Waals surface area (Å²) in [5, 5.41) is 3.75. The Morgan fingerprint density at radius 2 is 2.00 bits per heavy atom. The van der Waals surface area contributed by atoms with Gasteiger partial charge < -0.3 is 5.32 Å². The Hall–Kier alpha value is -1.67. The third-order valence-corrected chi connectivity index (χ3v) is 4.04. The molecule has 1 aliphatic carbocycles. The Balaban J connectivity index is 1.78. The number of hydrogen-bond donors (Lipinski definition) is 1. The SMILES string of the molecule is Cc1ccc2c(c1)C(N[C@@H](C)c1ccncc1)CC2. The number of pyridine rings is 1. The summed E-state index contributed by atoms with van der Waals surface area (Å²) >= 11 is 0. The van der Waals surface area contributed by atoms with Gasteiger partial charge in [0.05, 0.1) is 0 Å². The molecule has 0 radical (unpaired) electrons. The predicted octanol–water partition coefficient (Wildman–Crippen LogP) is 3.73. The zero-order valence-corrected chi connectivity index (χ0v) is 11.6. The molecule has 2 atom stereocenters. The van der Waals surface area contributed by atoms with Crippen LogP contribution in [0.4, 0.5) is 0 Å². The maximum absolute atomic E-state index is 4.08. The molecule has 1 aromatic carbocycles. The number of benzene rings is 1. The number of aromatic nitrogens is 1. The van der Waals surface area contributed by atoms with Gasteiger partial charge in [0.15, 0.2) is 0 Å². The molecule has 0 fully saturated rings. The van der Waals surface area contributed by atoms with Gasteiger partial charge in [-0.15, -0.1) is 0 Å². The van der Waals surface area contributed by atoms with Gasteiger partial charge in [0.1, 0.15) is 0 Å². The summed E-state index contributed by atoms with van der Waals surface area (Å²) in [6, 6.07) is 11.8. The van der Waals surface area contributed by atoms with E-state index in [1.807, 2.05) is 12.4 Å². The van der Waals surface area contributed by atoms with Gasteiger partial charge in [-0.05, 0) is 55.5 Å². The standard InChI is InChI=1S/C17H20N2/c1-12-3-4-15-5-6-17(16(15)11-12)19-13(2)14-7-9-18-10-8-14/h3-4,7-11,13,17,19H,5-6H2,1-2H3/t13-,17?/m0/s1. The van der Waals surface area contributed by atoms with Crippen LogP contribution in [0.3, 0.4) is 0 Å². The first kappa shape index (κ1) is 12.4. The highest BCUT2D eigenvalue weighted by molar-refractivity contribution is 5.37. The molecule has 1 aromatic heterocycles. The van der Waals surface area contributed by atoms with Crippen LogP contribution in [0.5, 0.6) is 0 Å². The van der Waals surface area contributed by atoms with Crippen molar-refractivity contribution in [3.05, 3.63) is 65.0 Å². The Labute approximate surface area is 114 Å². The number of nitrogens with one attached hydrogen (secondary N) is 1. The van der Waals surface area contributed by atoms with E-state index in [9.17, 15) is 0 Å². The molecule has 1 N–H and O–H groups in total. The molecule has 1 unspecified atom stereocenters. The van der Waals surface area contributed by atoms with E-state index in [4.69, 9.17) is 0 Å². The summed E-state index contributed by atoms with van der Waals surface area (Å²) in [7, 11) is 0. The van der Waals surface area contributed by atoms with Crippen molar-refractivity contribution in [2.75, 3.05) is 0 Å². The molecule has 0 saturated heterocycles. The molecular formula is C17H20N2. The molecule has 0 bridgehead atoms. The molecule has 98 valence electrons. The summed E-state index contributed by atoms with van der Waals surface area (Å²) in [6.07, 6.45) is 6.12. The number of nitrogens with zero attached hydrogens (tertiary/aromatic N) is 1. The fraction of sp³-hybridized carbons (Fsp3) is 0.353. The normalized spacial score (nSPS) is 19.2. The molecule has 2 aromatic rings. The number of hydrogen-bond acceptors (Lipinski definition) is 2. The Morgan fingerprint density at radius 3 is 2.79 bits per heavy atom. The average molecular weight is 252 g/mol. The highest BCUT2D eigenvalue weighted by Gasteiger charge is 2.23. The van der Waals surface area contributed by atoms with Gasteiger partial charge in [0, 0.05) is 24.5 Å². The van der Waals surface area contributed by atoms with Crippen LogP contribution in [0.1, 0.15) is 47.7 Å². The number of fused-ring (bicyclic) bond motifs is 1. The topological polar surface area (TPSA) is 24.9 Å². The van der Waals surface area contributed by atoms with Crippen LogP contribution < -0.4 is 5.32 Å². The van der Waals surface area contributed by atoms with Crippen LogP contribution in [-0.2, 0) is 6.42 Å². The van der Waals surface area contributed by atoms with E-state index in [0.29, 0.717) is 12.1 Å². The third-order valence-electron chi connectivity index (χ3n) is 4.04. The Morgan fingerprint density at radius 1 is 1.21 bits per heavy atom. The highest BCUT2D eigenvalue weighted by atomic mass is 15.0. The predicted molar refractivity (Wildman–Crippen MR) is 78.0 cm³/mol. The minimum absolute atomic E-state index is 0.361. The van der Waals surface area contributed by atoms with E-state index in [1.54, 1.807) is 0 Å². The van der Waals surface area contributed by atoms with Gasteiger partial charge >= 0.3 is 0 Å². The van der Waals surface area contributed by atoms with Gasteiger partial charge in [-0.2, -0.15) is 0 Å². The molecule has 3 rings (SSSR count). The summed E-state index contributed by atoms with van der Waals surface area (Å²) in [5.41, 5.74) is 5.64. The van der Waals surface area contributed by atoms with Crippen molar-refractivity contribution in [1.82, 2.24) is 10.3 Å². The first-order chi connectivity index (χ1) is 9.24. The maximum Gasteiger partial charge on any atom is 0.0331 e. The third kappa shape index (κ3) is 2.54. The van der Waals surface area contributed by atoms with Crippen LogP contribution in [0.25, 0.3) is 0 Å². The first-order valence-electron chi connectivity index (χ1n) is 6.99. The monoisotopic (exact) mass is 252 g/mol. The fourth-order valence-electron chi connectivity index (χ4n) is 2.94. The molecule has 0 saturated carbocycles. The minimum atomic E-state index is 0.361. The summed E-state index contributed by atoms with van der Waals surface area (Å²) in [6.45, 7) is 4.39. The lowest BCUT2D eigenvalue weighted by atomic mass is 10.0. The number of rotatable bonds is 3. The van der Waals surface area contributed by atoms with Gasteiger partial charge in [-0.1, -0.05) is 23.8 Å². The van der Waals surface area contributed by atoms with Crippen molar-refractivity contribution in [1.29, 1.82) is 0 Å². The molecule has 1 heterocycles. The van der Waals surface area contributed by atoms with Gasteiger partial charge in [0.2, 0.25) is 0 Å². The molecule has 19 heavy (non-hydrogen) atoms. The van der Waals surface area contributed by atoms with Crippen molar-refractivity contribution in [3.8, 4) is 0 Å². The summed E-state index contributed by atoms with van der Waals surface area (Å²) in [5.74, 6) is 0. The molecule has 2 heteroatoms. The summed E-state index contributed by atoms with van der Waals surface area (Å²) < 4.78 is 0. The summed E-state index contributed by atoms with van der Waals surface area (Å²) in [4.78, 5) is 4.08.